The van der Waals surface area contributed by atoms with E-state index in [0.29, 0.717) is 0 Å². The number of anilines is 1. The van der Waals surface area contributed by atoms with Gasteiger partial charge >= 0.3 is 0 Å². The SMILES string of the molecule is CCc1cc(C(=O)N2CCN(c3ccccc3C)C[C@H]2C)ccn1. The second-order valence-electron chi connectivity index (χ2n) is 6.47. The Balaban J connectivity index is 1.74. The van der Waals surface area contributed by atoms with Crippen LogP contribution in [0, 0.1) is 6.92 Å². The van der Waals surface area contributed by atoms with Crippen molar-refractivity contribution in [1.29, 1.82) is 0 Å². The molecule has 0 aliphatic carbocycles. The lowest BCUT2D eigenvalue weighted by molar-refractivity contribution is 0.0674. The van der Waals surface area contributed by atoms with E-state index in [1.54, 1.807) is 6.20 Å². The Bertz CT molecular complexity index is 728. The Morgan fingerprint density at radius 3 is 2.75 bits per heavy atom. The highest BCUT2D eigenvalue weighted by Crippen LogP contribution is 2.23. The van der Waals surface area contributed by atoms with Gasteiger partial charge in [-0.3, -0.25) is 9.78 Å². The molecule has 1 fully saturated rings. The molecule has 1 aromatic carbocycles. The van der Waals surface area contributed by atoms with Crippen LogP contribution in [0.1, 0.15) is 35.5 Å². The number of carbonyl (C=O) groups excluding carboxylic acids is 1. The Morgan fingerprint density at radius 2 is 2.04 bits per heavy atom. The van der Waals surface area contributed by atoms with Crippen molar-refractivity contribution in [3.63, 3.8) is 0 Å². The molecule has 3 rings (SSSR count). The van der Waals surface area contributed by atoms with Crippen molar-refractivity contribution in [3.8, 4) is 0 Å². The van der Waals surface area contributed by atoms with Crippen molar-refractivity contribution >= 4 is 11.6 Å². The van der Waals surface area contributed by atoms with E-state index < -0.39 is 0 Å². The zero-order chi connectivity index (χ0) is 17.1. The molecule has 1 amide bonds. The van der Waals surface area contributed by atoms with Gasteiger partial charge in [0.1, 0.15) is 0 Å². The average Bonchev–Trinajstić information content (AvgIpc) is 2.61. The first-order chi connectivity index (χ1) is 11.6. The minimum Gasteiger partial charge on any atom is -0.367 e. The van der Waals surface area contributed by atoms with Crippen LogP contribution >= 0.6 is 0 Å². The molecule has 1 atom stereocenters. The number of para-hydroxylation sites is 1. The maximum absolute atomic E-state index is 12.9. The Labute approximate surface area is 144 Å². The first-order valence-electron chi connectivity index (χ1n) is 8.66. The molecule has 2 heterocycles. The van der Waals surface area contributed by atoms with E-state index in [-0.39, 0.29) is 11.9 Å². The van der Waals surface area contributed by atoms with Gasteiger partial charge in [-0.2, -0.15) is 0 Å². The number of rotatable bonds is 3. The topological polar surface area (TPSA) is 36.4 Å². The van der Waals surface area contributed by atoms with E-state index in [1.165, 1.54) is 11.3 Å². The van der Waals surface area contributed by atoms with Crippen molar-refractivity contribution in [2.75, 3.05) is 24.5 Å². The van der Waals surface area contributed by atoms with Crippen molar-refractivity contribution in [2.45, 2.75) is 33.2 Å². The second kappa shape index (κ2) is 7.04. The second-order valence-corrected chi connectivity index (χ2v) is 6.47. The lowest BCUT2D eigenvalue weighted by Crippen LogP contribution is -2.54. The van der Waals surface area contributed by atoms with Gasteiger partial charge in [0.05, 0.1) is 0 Å². The molecule has 4 nitrogen and oxygen atoms in total. The van der Waals surface area contributed by atoms with Gasteiger partial charge in [-0.1, -0.05) is 25.1 Å². The monoisotopic (exact) mass is 323 g/mol. The van der Waals surface area contributed by atoms with Crippen molar-refractivity contribution in [2.24, 2.45) is 0 Å². The molecule has 0 radical (unpaired) electrons. The maximum atomic E-state index is 12.9. The third-order valence-corrected chi connectivity index (χ3v) is 4.77. The number of amides is 1. The summed E-state index contributed by atoms with van der Waals surface area (Å²) in [6, 6.07) is 12.4. The zero-order valence-corrected chi connectivity index (χ0v) is 14.7. The highest BCUT2D eigenvalue weighted by Gasteiger charge is 2.28. The summed E-state index contributed by atoms with van der Waals surface area (Å²) in [4.78, 5) is 21.5. The van der Waals surface area contributed by atoms with Gasteiger partial charge in [-0.05, 0) is 44.0 Å². The number of pyridine rings is 1. The number of hydrogen-bond donors (Lipinski definition) is 0. The number of hydrogen-bond acceptors (Lipinski definition) is 3. The van der Waals surface area contributed by atoms with E-state index in [0.717, 1.165) is 37.3 Å². The molecule has 4 heteroatoms. The third-order valence-electron chi connectivity index (χ3n) is 4.77. The number of piperazine rings is 1. The summed E-state index contributed by atoms with van der Waals surface area (Å²) >= 11 is 0. The van der Waals surface area contributed by atoms with Crippen LogP contribution in [-0.4, -0.2) is 41.5 Å². The summed E-state index contributed by atoms with van der Waals surface area (Å²) in [6.07, 6.45) is 2.58. The molecular weight excluding hydrogens is 298 g/mol. The Hall–Kier alpha value is -2.36. The number of carbonyl (C=O) groups is 1. The Kier molecular flexibility index (Phi) is 4.84. The van der Waals surface area contributed by atoms with Gasteiger partial charge in [0.25, 0.3) is 5.91 Å². The molecule has 0 saturated carbocycles. The van der Waals surface area contributed by atoms with E-state index in [2.05, 4.69) is 54.9 Å². The molecule has 0 unspecified atom stereocenters. The zero-order valence-electron chi connectivity index (χ0n) is 14.7. The van der Waals surface area contributed by atoms with E-state index in [1.807, 2.05) is 17.0 Å². The first kappa shape index (κ1) is 16.5. The van der Waals surface area contributed by atoms with Gasteiger partial charge < -0.3 is 9.80 Å². The van der Waals surface area contributed by atoms with Gasteiger partial charge in [0.2, 0.25) is 0 Å². The fourth-order valence-electron chi connectivity index (χ4n) is 3.37. The quantitative estimate of drug-likeness (QED) is 0.869. The molecule has 1 saturated heterocycles. The average molecular weight is 323 g/mol. The van der Waals surface area contributed by atoms with Crippen LogP contribution in [0.25, 0.3) is 0 Å². The lowest BCUT2D eigenvalue weighted by Gasteiger charge is -2.41. The number of aryl methyl sites for hydroxylation is 2. The predicted molar refractivity (Wildman–Crippen MR) is 97.5 cm³/mol. The molecule has 126 valence electrons. The minimum atomic E-state index is 0.115. The largest absolute Gasteiger partial charge is 0.367 e. The van der Waals surface area contributed by atoms with Gasteiger partial charge in [-0.15, -0.1) is 0 Å². The van der Waals surface area contributed by atoms with Crippen molar-refractivity contribution < 1.29 is 4.79 Å². The molecule has 2 aromatic rings. The number of benzene rings is 1. The third kappa shape index (κ3) is 3.28. The van der Waals surface area contributed by atoms with Gasteiger partial charge in [-0.25, -0.2) is 0 Å². The minimum absolute atomic E-state index is 0.115. The highest BCUT2D eigenvalue weighted by atomic mass is 16.2. The molecule has 0 N–H and O–H groups in total. The summed E-state index contributed by atoms with van der Waals surface area (Å²) in [5.41, 5.74) is 4.27. The normalized spacial score (nSPS) is 17.9. The predicted octanol–water partition coefficient (Wildman–Crippen LogP) is 3.30. The van der Waals surface area contributed by atoms with Crippen molar-refractivity contribution in [1.82, 2.24) is 9.88 Å². The highest BCUT2D eigenvalue weighted by molar-refractivity contribution is 5.94. The fraction of sp³-hybridized carbons (Fsp3) is 0.400. The van der Waals surface area contributed by atoms with Gasteiger partial charge in [0.15, 0.2) is 0 Å². The summed E-state index contributed by atoms with van der Waals surface area (Å²) in [5.74, 6) is 0.115. The number of aromatic nitrogens is 1. The molecule has 1 aromatic heterocycles. The van der Waals surface area contributed by atoms with Crippen LogP contribution in [0.4, 0.5) is 5.69 Å². The summed E-state index contributed by atoms with van der Waals surface area (Å²) < 4.78 is 0. The van der Waals surface area contributed by atoms with E-state index in [4.69, 9.17) is 0 Å². The number of nitrogens with zero attached hydrogens (tertiary/aromatic N) is 3. The molecular formula is C20H25N3O. The van der Waals surface area contributed by atoms with Crippen LogP contribution in [0.2, 0.25) is 0 Å². The van der Waals surface area contributed by atoms with E-state index >= 15 is 0 Å². The van der Waals surface area contributed by atoms with Crippen LogP contribution < -0.4 is 4.90 Å². The summed E-state index contributed by atoms with van der Waals surface area (Å²) in [7, 11) is 0. The van der Waals surface area contributed by atoms with Gasteiger partial charge in [0, 0.05) is 48.8 Å². The smallest absolute Gasteiger partial charge is 0.254 e. The maximum Gasteiger partial charge on any atom is 0.254 e. The van der Waals surface area contributed by atoms with Crippen LogP contribution in [0.3, 0.4) is 0 Å². The molecule has 0 bridgehead atoms. The Morgan fingerprint density at radius 1 is 1.25 bits per heavy atom. The molecule has 1 aliphatic heterocycles. The van der Waals surface area contributed by atoms with Crippen LogP contribution in [0.5, 0.6) is 0 Å². The molecule has 0 spiro atoms. The molecule has 24 heavy (non-hydrogen) atoms. The first-order valence-corrected chi connectivity index (χ1v) is 8.66. The molecule has 1 aliphatic rings. The summed E-state index contributed by atoms with van der Waals surface area (Å²) in [6.45, 7) is 8.80. The van der Waals surface area contributed by atoms with Crippen molar-refractivity contribution in [3.05, 3.63) is 59.4 Å². The summed E-state index contributed by atoms with van der Waals surface area (Å²) in [5, 5.41) is 0. The van der Waals surface area contributed by atoms with E-state index in [9.17, 15) is 4.79 Å². The lowest BCUT2D eigenvalue weighted by atomic mass is 10.1. The fourth-order valence-corrected chi connectivity index (χ4v) is 3.37. The van der Waals surface area contributed by atoms with Crippen LogP contribution in [0.15, 0.2) is 42.6 Å². The standard InChI is InChI=1S/C20H25N3O/c1-4-18-13-17(9-10-21-18)20(24)23-12-11-22(14-16(23)3)19-8-6-5-7-15(19)2/h5-10,13,16H,4,11-12,14H2,1-3H3/t16-/m1/s1. The van der Waals surface area contributed by atoms with Crippen LogP contribution in [-0.2, 0) is 6.42 Å².